The van der Waals surface area contributed by atoms with Gasteiger partial charge in [-0.3, -0.25) is 0 Å². The molecule has 0 aliphatic carbocycles. The van der Waals surface area contributed by atoms with Crippen molar-refractivity contribution in [1.29, 1.82) is 10.5 Å². The number of esters is 6. The number of benzene rings is 6. The molecule has 2 aliphatic heterocycles. The van der Waals surface area contributed by atoms with Crippen LogP contribution < -0.4 is 0 Å². The summed E-state index contributed by atoms with van der Waals surface area (Å²) in [7, 11) is 4.34. The molecule has 6 aromatic rings. The van der Waals surface area contributed by atoms with Crippen LogP contribution in [0.2, 0.25) is 0 Å². The summed E-state index contributed by atoms with van der Waals surface area (Å²) in [5.41, 5.74) is -1.91. The van der Waals surface area contributed by atoms with Gasteiger partial charge < -0.3 is 37.9 Å². The van der Waals surface area contributed by atoms with Gasteiger partial charge in [0, 0.05) is 0 Å². The summed E-state index contributed by atoms with van der Waals surface area (Å²) in [5.74, 6) is -4.16. The van der Waals surface area contributed by atoms with E-state index in [1.807, 2.05) is 12.1 Å². The number of thiol groups is 1. The zero-order chi connectivity index (χ0) is 59.2. The monoisotopic (exact) mass is 1260 g/mol. The average Bonchev–Trinajstić information content (AvgIpc) is 4.10. The Morgan fingerprint density at radius 3 is 1.19 bits per heavy atom. The van der Waals surface area contributed by atoms with Gasteiger partial charge in [0.2, 0.25) is 5.60 Å². The van der Waals surface area contributed by atoms with Crippen molar-refractivity contribution in [1.82, 2.24) is 0 Å². The van der Waals surface area contributed by atoms with Crippen LogP contribution in [0.15, 0.2) is 186 Å². The SMILES string of the molecule is C[C@@]1(OC(=O)c2ccccc2)[C@H](OC(=O)c2ccccc2)[C@@H](COC(=O)c2ccccc2)OC1(Br)C#N.C[C@]1(OC(=O)c2ccccc2)[C@H](C#N)O[C@H](COC(=O)c2ccccc2)[C@H]1OC(=O)c1ccccc1.ClC(Cl)(Cl)Cl.[B]=NS. The van der Waals surface area contributed by atoms with Crippen molar-refractivity contribution < 1.29 is 66.7 Å². The summed E-state index contributed by atoms with van der Waals surface area (Å²) < 4.78 is 44.8. The molecule has 81 heavy (non-hydrogen) atoms. The van der Waals surface area contributed by atoms with Gasteiger partial charge in [0.05, 0.1) is 39.4 Å². The first-order valence-corrected chi connectivity index (χ1v) is 26.5. The van der Waals surface area contributed by atoms with E-state index in [9.17, 15) is 39.3 Å². The summed E-state index contributed by atoms with van der Waals surface area (Å²) in [4.78, 5) is 77.0. The molecule has 2 aliphatic rings. The standard InChI is InChI=1S/C28H22BrNO7.C28H23NO7.CCl4.BHNS/c1-27(37-26(33)21-15-9-4-10-16-21)23(35-25(32)20-13-7-3-8-14-20)22(36-28(27,29)18-30)17-34-24(31)19-11-5-2-6-12-19;1-28(36-27(32)21-15-9-4-10-16-21)23(17-29)34-22(18-33-25(30)19-11-5-2-6-12-19)24(28)35-26(31)20-13-7-3-8-14-20;2-1(3,4)5;1-2-3/h2-16,22-23H,17H2,1H3;2-16,22-24H,18H2,1H3;;3H/t22-,23-,27-,28?;22-,23+,24-,28+;;/m11../s1. The van der Waals surface area contributed by atoms with Gasteiger partial charge >= 0.3 is 60.6 Å². The van der Waals surface area contributed by atoms with Crippen LogP contribution in [0.1, 0.15) is 76.0 Å². The first-order valence-electron chi connectivity index (χ1n) is 23.8. The fraction of sp³-hybridized carbons (Fsp3) is 0.228. The van der Waals surface area contributed by atoms with Crippen LogP contribution >= 0.6 is 75.1 Å². The van der Waals surface area contributed by atoms with Gasteiger partial charge in [-0.05, 0) is 103 Å². The van der Waals surface area contributed by atoms with Gasteiger partial charge in [-0.2, -0.15) is 10.5 Å². The molecule has 0 N–H and O–H groups in total. The Balaban J connectivity index is 0.000000263. The van der Waals surface area contributed by atoms with Crippen LogP contribution in [0.25, 0.3) is 0 Å². The Labute approximate surface area is 500 Å². The van der Waals surface area contributed by atoms with Gasteiger partial charge in [0.15, 0.2) is 23.9 Å². The number of halogens is 5. The van der Waals surface area contributed by atoms with Crippen molar-refractivity contribution in [2.45, 2.75) is 63.3 Å². The van der Waals surface area contributed by atoms with Crippen molar-refractivity contribution >= 4 is 119 Å². The first-order chi connectivity index (χ1) is 38.6. The molecule has 1 unspecified atom stereocenters. The van der Waals surface area contributed by atoms with E-state index in [0.717, 1.165) is 0 Å². The van der Waals surface area contributed by atoms with E-state index < -0.39 is 85.3 Å². The van der Waals surface area contributed by atoms with Crippen molar-refractivity contribution in [3.8, 4) is 12.1 Å². The molecule has 2 fully saturated rings. The number of hydrogen-bond donors (Lipinski definition) is 1. The normalized spacial score (nSPS) is 22.2. The topological polar surface area (TPSA) is 236 Å². The van der Waals surface area contributed by atoms with Gasteiger partial charge in [-0.1, -0.05) is 156 Å². The summed E-state index contributed by atoms with van der Waals surface area (Å²) in [6.45, 7) is 2.17. The van der Waals surface area contributed by atoms with E-state index in [2.05, 4.69) is 40.7 Å². The third kappa shape index (κ3) is 18.2. The number of alkyl halides is 5. The first kappa shape index (κ1) is 64.7. The Bertz CT molecular complexity index is 3170. The second-order valence-electron chi connectivity index (χ2n) is 17.2. The Morgan fingerprint density at radius 1 is 0.556 bits per heavy atom. The van der Waals surface area contributed by atoms with E-state index in [1.165, 1.54) is 13.8 Å². The minimum atomic E-state index is -1.92. The van der Waals surface area contributed by atoms with Crippen LogP contribution in [0.3, 0.4) is 0 Å². The van der Waals surface area contributed by atoms with Gasteiger partial charge in [0.25, 0.3) is 7.76 Å². The number of rotatable bonds is 14. The van der Waals surface area contributed by atoms with E-state index in [-0.39, 0.29) is 35.5 Å². The molecule has 417 valence electrons. The summed E-state index contributed by atoms with van der Waals surface area (Å²) >= 11 is 25.8. The number of nitrogens with zero attached hydrogens (tertiary/aromatic N) is 3. The van der Waals surface area contributed by atoms with Crippen LogP contribution in [-0.4, -0.2) is 106 Å². The number of ether oxygens (including phenoxy) is 8. The van der Waals surface area contributed by atoms with E-state index in [0.29, 0.717) is 11.1 Å². The number of carbonyl (C=O) groups is 6. The van der Waals surface area contributed by atoms with Gasteiger partial charge in [-0.15, -0.1) is 0 Å². The second kappa shape index (κ2) is 30.6. The molecule has 1 radical (unpaired) electrons. The average molecular weight is 1260 g/mol. The Hall–Kier alpha value is -7.11. The fourth-order valence-electron chi connectivity index (χ4n) is 7.79. The van der Waals surface area contributed by atoms with Crippen LogP contribution in [0, 0.1) is 22.7 Å². The molecular formula is C57H46BBrCl4N3O14S. The van der Waals surface area contributed by atoms with Crippen LogP contribution in [0.4, 0.5) is 0 Å². The van der Waals surface area contributed by atoms with Crippen LogP contribution in [0.5, 0.6) is 0 Å². The molecule has 0 bridgehead atoms. The van der Waals surface area contributed by atoms with Crippen LogP contribution in [-0.2, 0) is 37.9 Å². The zero-order valence-electron chi connectivity index (χ0n) is 42.6. The van der Waals surface area contributed by atoms with Crippen molar-refractivity contribution in [2.75, 3.05) is 13.2 Å². The number of carbonyl (C=O) groups excluding carboxylic acids is 6. The quantitative estimate of drug-likeness (QED) is 0.0351. The molecule has 17 nitrogen and oxygen atoms in total. The van der Waals surface area contributed by atoms with E-state index >= 15 is 0 Å². The minimum absolute atomic E-state index is 0.226. The maximum absolute atomic E-state index is 13.0. The predicted molar refractivity (Wildman–Crippen MR) is 305 cm³/mol. The Kier molecular flexibility index (Phi) is 24.5. The zero-order valence-corrected chi connectivity index (χ0v) is 48.1. The predicted octanol–water partition coefficient (Wildman–Crippen LogP) is 11.4. The summed E-state index contributed by atoms with van der Waals surface area (Å²) in [6.07, 6.45) is -6.07. The maximum atomic E-state index is 13.0. The number of hydrogen-bond acceptors (Lipinski definition) is 18. The molecule has 0 spiro atoms. The second-order valence-corrected chi connectivity index (χ2v) is 22.0. The van der Waals surface area contributed by atoms with Crippen molar-refractivity contribution in [2.24, 2.45) is 4.30 Å². The van der Waals surface area contributed by atoms with E-state index in [4.69, 9.17) is 84.3 Å². The molecule has 6 aromatic carbocycles. The molecule has 24 heteroatoms. The summed E-state index contributed by atoms with van der Waals surface area (Å²) in [5, 5.41) is 19.8. The third-order valence-electron chi connectivity index (χ3n) is 11.7. The molecule has 2 heterocycles. The van der Waals surface area contributed by atoms with Gasteiger partial charge in [-0.25, -0.2) is 28.8 Å². The summed E-state index contributed by atoms with van der Waals surface area (Å²) in [6, 6.07) is 53.4. The molecule has 8 atom stereocenters. The van der Waals surface area contributed by atoms with Crippen molar-refractivity contribution in [3.63, 3.8) is 0 Å². The third-order valence-corrected chi connectivity index (χ3v) is 12.9. The van der Waals surface area contributed by atoms with E-state index in [1.54, 1.807) is 182 Å². The van der Waals surface area contributed by atoms with Gasteiger partial charge in [0.1, 0.15) is 31.5 Å². The Morgan fingerprint density at radius 2 is 0.852 bits per heavy atom. The van der Waals surface area contributed by atoms with Crippen molar-refractivity contribution in [3.05, 3.63) is 215 Å². The molecule has 0 aromatic heterocycles. The fourth-order valence-corrected chi connectivity index (χ4v) is 8.34. The molecule has 0 saturated carbocycles. The molecule has 2 saturated heterocycles. The molecule has 0 amide bonds. The number of nitriles is 2. The molecular weight excluding hydrogens is 1220 g/mol. The molecule has 8 rings (SSSR count).